The molecule has 0 aliphatic carbocycles. The van der Waals surface area contributed by atoms with Crippen molar-refractivity contribution in [2.75, 3.05) is 25.2 Å². The number of nitrogens with zero attached hydrogens (tertiary/aromatic N) is 2. The van der Waals surface area contributed by atoms with Crippen LogP contribution in [0.5, 0.6) is 11.5 Å². The van der Waals surface area contributed by atoms with E-state index in [4.69, 9.17) is 9.47 Å². The van der Waals surface area contributed by atoms with Gasteiger partial charge in [-0.2, -0.15) is 0 Å². The number of amides is 1. The zero-order chi connectivity index (χ0) is 19.8. The first-order chi connectivity index (χ1) is 14.2. The fraction of sp³-hybridized carbons (Fsp3) is 0.273. The maximum absolute atomic E-state index is 14.0. The molecule has 1 amide bonds. The van der Waals surface area contributed by atoms with Gasteiger partial charge in [-0.05, 0) is 49.6 Å². The fourth-order valence-corrected chi connectivity index (χ4v) is 3.85. The minimum absolute atomic E-state index is 0.0911. The van der Waals surface area contributed by atoms with Gasteiger partial charge in [0.05, 0.1) is 16.8 Å². The fourth-order valence-electron chi connectivity index (χ4n) is 3.85. The number of nitrogens with one attached hydrogen (secondary N) is 1. The number of fused-ring (bicyclic) bond motifs is 2. The first-order valence-corrected chi connectivity index (χ1v) is 9.73. The number of aromatic nitrogens is 1. The normalized spacial score (nSPS) is 15.6. The summed E-state index contributed by atoms with van der Waals surface area (Å²) in [4.78, 5) is 19.5. The van der Waals surface area contributed by atoms with E-state index < -0.39 is 0 Å². The van der Waals surface area contributed by atoms with Crippen LogP contribution in [0.2, 0.25) is 0 Å². The molecule has 0 radical (unpaired) electrons. The first-order valence-electron chi connectivity index (χ1n) is 9.73. The van der Waals surface area contributed by atoms with Crippen molar-refractivity contribution >= 4 is 28.2 Å². The molecule has 0 bridgehead atoms. The summed E-state index contributed by atoms with van der Waals surface area (Å²) >= 11 is 0. The Morgan fingerprint density at radius 3 is 2.72 bits per heavy atom. The van der Waals surface area contributed by atoms with Crippen molar-refractivity contribution in [3.8, 4) is 11.5 Å². The lowest BCUT2D eigenvalue weighted by atomic mass is 10.1. The molecule has 1 saturated heterocycles. The molecule has 1 fully saturated rings. The highest BCUT2D eigenvalue weighted by Gasteiger charge is 2.23. The third-order valence-corrected chi connectivity index (χ3v) is 5.35. The second-order valence-electron chi connectivity index (χ2n) is 7.25. The monoisotopic (exact) mass is 393 g/mol. The zero-order valence-electron chi connectivity index (χ0n) is 15.8. The Kier molecular flexibility index (Phi) is 4.42. The molecular weight excluding hydrogens is 373 g/mol. The van der Waals surface area contributed by atoms with Gasteiger partial charge in [-0.25, -0.2) is 4.39 Å². The summed E-state index contributed by atoms with van der Waals surface area (Å²) in [6.45, 7) is 1.63. The largest absolute Gasteiger partial charge is 0.454 e. The zero-order valence-corrected chi connectivity index (χ0v) is 15.8. The summed E-state index contributed by atoms with van der Waals surface area (Å²) in [5.41, 5.74) is 2.31. The van der Waals surface area contributed by atoms with Crippen molar-refractivity contribution < 1.29 is 18.7 Å². The molecule has 1 N–H and O–H groups in total. The van der Waals surface area contributed by atoms with E-state index in [1.165, 1.54) is 12.1 Å². The second-order valence-corrected chi connectivity index (χ2v) is 7.25. The van der Waals surface area contributed by atoms with Gasteiger partial charge in [-0.15, -0.1) is 0 Å². The van der Waals surface area contributed by atoms with E-state index in [0.29, 0.717) is 33.7 Å². The molecule has 7 heteroatoms. The van der Waals surface area contributed by atoms with Crippen LogP contribution in [0, 0.1) is 5.82 Å². The van der Waals surface area contributed by atoms with Gasteiger partial charge in [-0.3, -0.25) is 9.78 Å². The summed E-state index contributed by atoms with van der Waals surface area (Å²) < 4.78 is 24.8. The Hall–Kier alpha value is -3.35. The number of rotatable bonds is 3. The number of carbonyl (C=O) groups is 1. The maximum atomic E-state index is 14.0. The maximum Gasteiger partial charge on any atom is 0.257 e. The van der Waals surface area contributed by atoms with Crippen LogP contribution in [0.15, 0.2) is 42.6 Å². The van der Waals surface area contributed by atoms with Crippen LogP contribution >= 0.6 is 0 Å². The van der Waals surface area contributed by atoms with Crippen molar-refractivity contribution in [3.63, 3.8) is 0 Å². The van der Waals surface area contributed by atoms with E-state index >= 15 is 0 Å². The van der Waals surface area contributed by atoms with E-state index in [9.17, 15) is 9.18 Å². The van der Waals surface area contributed by atoms with Crippen molar-refractivity contribution in [3.05, 3.63) is 54.0 Å². The van der Waals surface area contributed by atoms with Crippen molar-refractivity contribution in [1.82, 2.24) is 9.88 Å². The third kappa shape index (κ3) is 3.33. The Labute approximate surface area is 167 Å². The number of benzene rings is 2. The van der Waals surface area contributed by atoms with Crippen LogP contribution in [0.4, 0.5) is 15.8 Å². The lowest BCUT2D eigenvalue weighted by Gasteiger charge is -2.27. The number of likely N-dealkylation sites (tertiary alicyclic amines) is 1. The molecular formula is C22H20FN3O3. The highest BCUT2D eigenvalue weighted by Crippen LogP contribution is 2.37. The summed E-state index contributed by atoms with van der Waals surface area (Å²) in [5.74, 6) is 0.830. The molecule has 29 heavy (non-hydrogen) atoms. The van der Waals surface area contributed by atoms with Crippen LogP contribution in [-0.2, 0) is 0 Å². The van der Waals surface area contributed by atoms with E-state index in [1.807, 2.05) is 17.0 Å². The molecule has 6 nitrogen and oxygen atoms in total. The van der Waals surface area contributed by atoms with Gasteiger partial charge in [0, 0.05) is 36.4 Å². The number of piperidine rings is 1. The number of carbonyl (C=O) groups excluding carboxylic acids is 1. The minimum Gasteiger partial charge on any atom is -0.454 e. The Morgan fingerprint density at radius 2 is 1.86 bits per heavy atom. The number of anilines is 2. The number of hydrogen-bond acceptors (Lipinski definition) is 5. The Bertz CT molecular complexity index is 1100. The van der Waals surface area contributed by atoms with Gasteiger partial charge >= 0.3 is 0 Å². The lowest BCUT2D eigenvalue weighted by Crippen LogP contribution is -2.36. The van der Waals surface area contributed by atoms with Gasteiger partial charge in [-0.1, -0.05) is 0 Å². The number of pyridine rings is 1. The van der Waals surface area contributed by atoms with Crippen LogP contribution in [0.3, 0.4) is 0 Å². The molecule has 148 valence electrons. The average Bonchev–Trinajstić information content (AvgIpc) is 3.22. The molecule has 3 heterocycles. The van der Waals surface area contributed by atoms with Crippen molar-refractivity contribution in [1.29, 1.82) is 0 Å². The number of halogens is 1. The predicted octanol–water partition coefficient (Wildman–Crippen LogP) is 4.47. The number of ether oxygens (including phenoxy) is 2. The van der Waals surface area contributed by atoms with Gasteiger partial charge < -0.3 is 19.7 Å². The van der Waals surface area contributed by atoms with Gasteiger partial charge in [0.15, 0.2) is 11.5 Å². The van der Waals surface area contributed by atoms with E-state index in [2.05, 4.69) is 10.3 Å². The molecule has 2 aliphatic heterocycles. The molecule has 0 saturated carbocycles. The third-order valence-electron chi connectivity index (χ3n) is 5.35. The predicted molar refractivity (Wildman–Crippen MR) is 107 cm³/mol. The molecule has 3 aromatic rings. The summed E-state index contributed by atoms with van der Waals surface area (Å²) in [6.07, 6.45) is 4.69. The molecule has 1 aromatic heterocycles. The summed E-state index contributed by atoms with van der Waals surface area (Å²) in [5, 5.41) is 3.86. The molecule has 2 aliphatic rings. The van der Waals surface area contributed by atoms with E-state index in [1.54, 1.807) is 18.3 Å². The highest BCUT2D eigenvalue weighted by molar-refractivity contribution is 6.08. The molecule has 0 unspecified atom stereocenters. The highest BCUT2D eigenvalue weighted by atomic mass is 19.1. The first kappa shape index (κ1) is 17.7. The molecule has 0 atom stereocenters. The Morgan fingerprint density at radius 1 is 1.03 bits per heavy atom. The van der Waals surface area contributed by atoms with E-state index in [-0.39, 0.29) is 18.5 Å². The van der Waals surface area contributed by atoms with Crippen LogP contribution in [0.1, 0.15) is 29.6 Å². The van der Waals surface area contributed by atoms with Crippen molar-refractivity contribution in [2.24, 2.45) is 0 Å². The standard InChI is InChI=1S/C22H20FN3O3/c23-14-4-6-18-16(10-14)21(25-15-5-7-19-20(11-15)29-13-28-19)17(12-24-18)22(27)26-8-2-1-3-9-26/h4-7,10-12H,1-3,8-9,13H2,(H,24,25). The molecule has 5 rings (SSSR count). The second kappa shape index (κ2) is 7.24. The summed E-state index contributed by atoms with van der Waals surface area (Å²) in [7, 11) is 0. The van der Waals surface area contributed by atoms with Crippen LogP contribution in [-0.4, -0.2) is 35.7 Å². The van der Waals surface area contributed by atoms with Gasteiger partial charge in [0.25, 0.3) is 5.91 Å². The minimum atomic E-state index is -0.379. The molecule has 0 spiro atoms. The molecule has 2 aromatic carbocycles. The summed E-state index contributed by atoms with van der Waals surface area (Å²) in [6, 6.07) is 9.85. The van der Waals surface area contributed by atoms with Crippen LogP contribution in [0.25, 0.3) is 10.9 Å². The van der Waals surface area contributed by atoms with Crippen molar-refractivity contribution in [2.45, 2.75) is 19.3 Å². The SMILES string of the molecule is O=C(c1cnc2ccc(F)cc2c1Nc1ccc2c(c1)OCO2)N1CCCCC1. The lowest BCUT2D eigenvalue weighted by molar-refractivity contribution is 0.0725. The van der Waals surface area contributed by atoms with Gasteiger partial charge in [0.2, 0.25) is 6.79 Å². The van der Waals surface area contributed by atoms with E-state index in [0.717, 1.165) is 38.0 Å². The topological polar surface area (TPSA) is 63.7 Å². The van der Waals surface area contributed by atoms with Gasteiger partial charge in [0.1, 0.15) is 5.82 Å². The smallest absolute Gasteiger partial charge is 0.257 e. The van der Waals surface area contributed by atoms with Crippen LogP contribution < -0.4 is 14.8 Å². The average molecular weight is 393 g/mol. The quantitative estimate of drug-likeness (QED) is 0.711. The number of hydrogen-bond donors (Lipinski definition) is 1. The Balaban J connectivity index is 1.60.